The van der Waals surface area contributed by atoms with Gasteiger partial charge in [-0.1, -0.05) is 17.7 Å². The Morgan fingerprint density at radius 3 is 2.89 bits per heavy atom. The maximum Gasteiger partial charge on any atom is 0.224 e. The first-order valence-corrected chi connectivity index (χ1v) is 7.16. The molecule has 1 aliphatic rings. The van der Waals surface area contributed by atoms with Gasteiger partial charge in [0, 0.05) is 30.3 Å². The molecule has 2 rings (SSSR count). The summed E-state index contributed by atoms with van der Waals surface area (Å²) in [5, 5.41) is 3.58. The Labute approximate surface area is 119 Å². The van der Waals surface area contributed by atoms with E-state index in [0.29, 0.717) is 17.4 Å². The van der Waals surface area contributed by atoms with E-state index >= 15 is 0 Å². The summed E-state index contributed by atoms with van der Waals surface area (Å²) in [7, 11) is 0. The zero-order chi connectivity index (χ0) is 13.7. The topological polar surface area (TPSA) is 38.3 Å². The minimum absolute atomic E-state index is 0.0665. The van der Waals surface area contributed by atoms with Crippen LogP contribution < -0.4 is 5.32 Å². The second kappa shape index (κ2) is 6.92. The molecule has 1 aromatic rings. The van der Waals surface area contributed by atoms with Gasteiger partial charge in [0.1, 0.15) is 0 Å². The fourth-order valence-electron chi connectivity index (χ4n) is 2.31. The molecule has 0 bridgehead atoms. The van der Waals surface area contributed by atoms with Crippen LogP contribution in [0.1, 0.15) is 31.2 Å². The van der Waals surface area contributed by atoms with Gasteiger partial charge in [-0.2, -0.15) is 0 Å². The first-order valence-electron chi connectivity index (χ1n) is 6.79. The molecule has 0 atom stereocenters. The van der Waals surface area contributed by atoms with Crippen LogP contribution in [-0.4, -0.2) is 19.1 Å². The fraction of sp³-hybridized carbons (Fsp3) is 0.533. The van der Waals surface area contributed by atoms with Gasteiger partial charge < -0.3 is 10.1 Å². The first-order chi connectivity index (χ1) is 9.15. The van der Waals surface area contributed by atoms with E-state index in [1.807, 2.05) is 19.1 Å². The molecule has 19 heavy (non-hydrogen) atoms. The normalized spacial score (nSPS) is 16.3. The van der Waals surface area contributed by atoms with Crippen LogP contribution >= 0.6 is 11.6 Å². The average Bonchev–Trinajstić information content (AvgIpc) is 2.42. The maximum atomic E-state index is 11.9. The van der Waals surface area contributed by atoms with Crippen molar-refractivity contribution in [3.63, 3.8) is 0 Å². The highest BCUT2D eigenvalue weighted by molar-refractivity contribution is 6.31. The molecule has 1 fully saturated rings. The molecule has 1 saturated heterocycles. The van der Waals surface area contributed by atoms with Crippen LogP contribution in [0, 0.1) is 12.8 Å². The van der Waals surface area contributed by atoms with E-state index < -0.39 is 0 Å². The van der Waals surface area contributed by atoms with Gasteiger partial charge in [0.15, 0.2) is 0 Å². The maximum absolute atomic E-state index is 11.9. The standard InChI is InChI=1S/C15H20ClNO2/c1-11-2-4-13(16)10-14(11)17-15(18)5-3-12-6-8-19-9-7-12/h2,4,10,12H,3,5-9H2,1H3,(H,17,18). The van der Waals surface area contributed by atoms with E-state index in [4.69, 9.17) is 16.3 Å². The molecule has 0 saturated carbocycles. The molecule has 1 heterocycles. The quantitative estimate of drug-likeness (QED) is 0.912. The van der Waals surface area contributed by atoms with Gasteiger partial charge in [0.25, 0.3) is 0 Å². The summed E-state index contributed by atoms with van der Waals surface area (Å²) < 4.78 is 5.32. The summed E-state index contributed by atoms with van der Waals surface area (Å²) in [6, 6.07) is 5.54. The molecule has 0 unspecified atom stereocenters. The summed E-state index contributed by atoms with van der Waals surface area (Å²) >= 11 is 5.93. The van der Waals surface area contributed by atoms with Crippen LogP contribution in [0.15, 0.2) is 18.2 Å². The second-order valence-corrected chi connectivity index (χ2v) is 5.54. The minimum Gasteiger partial charge on any atom is -0.381 e. The van der Waals surface area contributed by atoms with Crippen LogP contribution in [0.4, 0.5) is 5.69 Å². The van der Waals surface area contributed by atoms with E-state index in [0.717, 1.165) is 43.7 Å². The third-order valence-corrected chi connectivity index (χ3v) is 3.83. The number of nitrogens with one attached hydrogen (secondary N) is 1. The van der Waals surface area contributed by atoms with Crippen LogP contribution in [0.5, 0.6) is 0 Å². The van der Waals surface area contributed by atoms with E-state index in [2.05, 4.69) is 5.32 Å². The Morgan fingerprint density at radius 1 is 1.42 bits per heavy atom. The smallest absolute Gasteiger partial charge is 0.224 e. The third-order valence-electron chi connectivity index (χ3n) is 3.59. The van der Waals surface area contributed by atoms with Crippen molar-refractivity contribution in [2.24, 2.45) is 5.92 Å². The SMILES string of the molecule is Cc1ccc(Cl)cc1NC(=O)CCC1CCOCC1. The van der Waals surface area contributed by atoms with E-state index in [1.54, 1.807) is 6.07 Å². The molecule has 4 heteroatoms. The summed E-state index contributed by atoms with van der Waals surface area (Å²) in [4.78, 5) is 11.9. The lowest BCUT2D eigenvalue weighted by atomic mass is 9.95. The van der Waals surface area contributed by atoms with Crippen molar-refractivity contribution in [3.8, 4) is 0 Å². The molecule has 1 amide bonds. The van der Waals surface area contributed by atoms with Crippen molar-refractivity contribution in [2.45, 2.75) is 32.6 Å². The van der Waals surface area contributed by atoms with Crippen molar-refractivity contribution in [2.75, 3.05) is 18.5 Å². The third kappa shape index (κ3) is 4.51. The van der Waals surface area contributed by atoms with E-state index in [1.165, 1.54) is 0 Å². The summed E-state index contributed by atoms with van der Waals surface area (Å²) in [5.74, 6) is 0.691. The summed E-state index contributed by atoms with van der Waals surface area (Å²) in [5.41, 5.74) is 1.84. The Kier molecular flexibility index (Phi) is 5.23. The molecule has 0 radical (unpaired) electrons. The Bertz CT molecular complexity index is 442. The molecule has 1 aromatic carbocycles. The molecule has 104 valence electrons. The van der Waals surface area contributed by atoms with Crippen molar-refractivity contribution < 1.29 is 9.53 Å². The number of carbonyl (C=O) groups is 1. The van der Waals surface area contributed by atoms with E-state index in [-0.39, 0.29) is 5.91 Å². The highest BCUT2D eigenvalue weighted by Gasteiger charge is 2.15. The van der Waals surface area contributed by atoms with Crippen LogP contribution in [0.25, 0.3) is 0 Å². The number of amides is 1. The highest BCUT2D eigenvalue weighted by Crippen LogP contribution is 2.22. The van der Waals surface area contributed by atoms with Crippen molar-refractivity contribution in [3.05, 3.63) is 28.8 Å². The fourth-order valence-corrected chi connectivity index (χ4v) is 2.48. The van der Waals surface area contributed by atoms with Gasteiger partial charge in [-0.25, -0.2) is 0 Å². The number of halogens is 1. The number of aryl methyl sites for hydroxylation is 1. The molecule has 1 aliphatic heterocycles. The molecule has 3 nitrogen and oxygen atoms in total. The predicted molar refractivity (Wildman–Crippen MR) is 77.6 cm³/mol. The Balaban J connectivity index is 1.81. The van der Waals surface area contributed by atoms with E-state index in [9.17, 15) is 4.79 Å². The number of carbonyl (C=O) groups excluding carboxylic acids is 1. The molecule has 0 aliphatic carbocycles. The number of rotatable bonds is 4. The first kappa shape index (κ1) is 14.4. The van der Waals surface area contributed by atoms with Gasteiger partial charge in [-0.3, -0.25) is 4.79 Å². The largest absolute Gasteiger partial charge is 0.381 e. The van der Waals surface area contributed by atoms with Gasteiger partial charge >= 0.3 is 0 Å². The molecule has 1 N–H and O–H groups in total. The monoisotopic (exact) mass is 281 g/mol. The number of hydrogen-bond acceptors (Lipinski definition) is 2. The summed E-state index contributed by atoms with van der Waals surface area (Å²) in [6.45, 7) is 3.63. The predicted octanol–water partition coefficient (Wildman–Crippen LogP) is 3.79. The minimum atomic E-state index is 0.0665. The second-order valence-electron chi connectivity index (χ2n) is 5.10. The number of ether oxygens (including phenoxy) is 1. The Morgan fingerprint density at radius 2 is 2.16 bits per heavy atom. The Hall–Kier alpha value is -1.06. The zero-order valence-corrected chi connectivity index (χ0v) is 12.0. The van der Waals surface area contributed by atoms with Crippen LogP contribution in [-0.2, 0) is 9.53 Å². The van der Waals surface area contributed by atoms with Gasteiger partial charge in [0.05, 0.1) is 0 Å². The lowest BCUT2D eigenvalue weighted by molar-refractivity contribution is -0.116. The average molecular weight is 282 g/mol. The number of anilines is 1. The molecular formula is C15H20ClNO2. The van der Waals surface area contributed by atoms with Crippen molar-refractivity contribution >= 4 is 23.2 Å². The van der Waals surface area contributed by atoms with Crippen molar-refractivity contribution in [1.29, 1.82) is 0 Å². The van der Waals surface area contributed by atoms with Gasteiger partial charge in [0.2, 0.25) is 5.91 Å². The van der Waals surface area contributed by atoms with Crippen molar-refractivity contribution in [1.82, 2.24) is 0 Å². The molecular weight excluding hydrogens is 262 g/mol. The number of hydrogen-bond donors (Lipinski definition) is 1. The van der Waals surface area contributed by atoms with Gasteiger partial charge in [-0.15, -0.1) is 0 Å². The lowest BCUT2D eigenvalue weighted by Gasteiger charge is -2.21. The number of benzene rings is 1. The zero-order valence-electron chi connectivity index (χ0n) is 11.2. The highest BCUT2D eigenvalue weighted by atomic mass is 35.5. The lowest BCUT2D eigenvalue weighted by Crippen LogP contribution is -2.19. The molecule has 0 aromatic heterocycles. The molecule has 0 spiro atoms. The van der Waals surface area contributed by atoms with Crippen LogP contribution in [0.3, 0.4) is 0 Å². The summed E-state index contributed by atoms with van der Waals surface area (Å²) in [6.07, 6.45) is 3.65. The van der Waals surface area contributed by atoms with Crippen LogP contribution in [0.2, 0.25) is 5.02 Å². The van der Waals surface area contributed by atoms with Gasteiger partial charge in [-0.05, 0) is 49.8 Å².